The van der Waals surface area contributed by atoms with Crippen molar-refractivity contribution in [1.82, 2.24) is 30.1 Å². The van der Waals surface area contributed by atoms with E-state index in [0.717, 1.165) is 45.1 Å². The van der Waals surface area contributed by atoms with Gasteiger partial charge in [0.2, 0.25) is 17.8 Å². The summed E-state index contributed by atoms with van der Waals surface area (Å²) in [6.45, 7) is 6.18. The van der Waals surface area contributed by atoms with E-state index in [0.29, 0.717) is 29.9 Å². The maximum atomic E-state index is 15.2. The number of piperazine rings is 1. The molecule has 3 atom stereocenters. The number of halogens is 1. The lowest BCUT2D eigenvalue weighted by Gasteiger charge is -2.43. The molecular formula is C33H36FN9O4. The molecule has 47 heavy (non-hydrogen) atoms. The first-order valence-corrected chi connectivity index (χ1v) is 16.0. The minimum absolute atomic E-state index is 0.120. The number of likely N-dealkylation sites (tertiary alicyclic amines) is 1. The lowest BCUT2D eigenvalue weighted by Crippen LogP contribution is -2.56. The lowest BCUT2D eigenvalue weighted by atomic mass is 10.0. The zero-order valence-corrected chi connectivity index (χ0v) is 25.8. The first kappa shape index (κ1) is 30.8. The van der Waals surface area contributed by atoms with Crippen LogP contribution in [0.4, 0.5) is 21.7 Å². The van der Waals surface area contributed by atoms with Gasteiger partial charge in [-0.2, -0.15) is 10.2 Å². The van der Waals surface area contributed by atoms with Crippen molar-refractivity contribution in [3.05, 3.63) is 54.4 Å². The van der Waals surface area contributed by atoms with Crippen LogP contribution in [0.3, 0.4) is 0 Å². The second kappa shape index (κ2) is 13.5. The summed E-state index contributed by atoms with van der Waals surface area (Å²) >= 11 is 0. The highest BCUT2D eigenvalue weighted by atomic mass is 19.1. The summed E-state index contributed by atoms with van der Waals surface area (Å²) < 4.78 is 26.4. The Bertz CT molecular complexity index is 1660. The van der Waals surface area contributed by atoms with E-state index in [-0.39, 0.29) is 49.1 Å². The van der Waals surface area contributed by atoms with Crippen molar-refractivity contribution in [1.29, 1.82) is 5.26 Å². The van der Waals surface area contributed by atoms with Crippen LogP contribution < -0.4 is 20.3 Å². The van der Waals surface area contributed by atoms with Gasteiger partial charge < -0.3 is 29.9 Å². The zero-order chi connectivity index (χ0) is 32.3. The molecule has 0 saturated carbocycles. The van der Waals surface area contributed by atoms with E-state index >= 15 is 4.39 Å². The van der Waals surface area contributed by atoms with Gasteiger partial charge in [0, 0.05) is 69.0 Å². The molecule has 5 heterocycles. The number of piperidine rings is 1. The van der Waals surface area contributed by atoms with Crippen molar-refractivity contribution >= 4 is 29.1 Å². The molecule has 14 heteroatoms. The van der Waals surface area contributed by atoms with Crippen molar-refractivity contribution in [3.63, 3.8) is 0 Å². The van der Waals surface area contributed by atoms with Gasteiger partial charge in [0.15, 0.2) is 12.0 Å². The van der Waals surface area contributed by atoms with Gasteiger partial charge in [-0.3, -0.25) is 14.5 Å². The van der Waals surface area contributed by atoms with Gasteiger partial charge in [0.1, 0.15) is 24.3 Å². The van der Waals surface area contributed by atoms with E-state index in [2.05, 4.69) is 53.6 Å². The minimum Gasteiger partial charge on any atom is -0.486 e. The normalized spacial score (nSPS) is 23.5. The molecule has 3 aromatic rings. The summed E-state index contributed by atoms with van der Waals surface area (Å²) in [5, 5.41) is 15.7. The van der Waals surface area contributed by atoms with Gasteiger partial charge in [0.25, 0.3) is 0 Å². The van der Waals surface area contributed by atoms with Crippen LogP contribution in [0, 0.1) is 17.2 Å². The molecule has 1 aromatic heterocycles. The fourth-order valence-electron chi connectivity index (χ4n) is 6.44. The van der Waals surface area contributed by atoms with Crippen LogP contribution in [0.15, 0.2) is 48.8 Å². The highest BCUT2D eigenvalue weighted by Crippen LogP contribution is 2.29. The van der Waals surface area contributed by atoms with Crippen molar-refractivity contribution in [3.8, 4) is 23.2 Å². The molecule has 2 amide bonds. The van der Waals surface area contributed by atoms with Crippen molar-refractivity contribution in [2.75, 3.05) is 69.2 Å². The summed E-state index contributed by atoms with van der Waals surface area (Å²) in [5.41, 5.74) is 2.80. The highest BCUT2D eigenvalue weighted by molar-refractivity contribution is 5.89. The van der Waals surface area contributed by atoms with Crippen LogP contribution >= 0.6 is 0 Å². The lowest BCUT2D eigenvalue weighted by molar-refractivity contribution is -0.139. The van der Waals surface area contributed by atoms with Gasteiger partial charge >= 0.3 is 0 Å². The van der Waals surface area contributed by atoms with E-state index < -0.39 is 18.2 Å². The predicted octanol–water partition coefficient (Wildman–Crippen LogP) is 2.13. The smallest absolute Gasteiger partial charge is 0.230 e. The fourth-order valence-corrected chi connectivity index (χ4v) is 6.44. The van der Waals surface area contributed by atoms with Crippen LogP contribution in [0.1, 0.15) is 18.4 Å². The molecule has 4 aliphatic rings. The van der Waals surface area contributed by atoms with E-state index in [4.69, 9.17) is 9.47 Å². The van der Waals surface area contributed by atoms with Gasteiger partial charge in [-0.25, -0.2) is 14.4 Å². The monoisotopic (exact) mass is 641 g/mol. The Labute approximate surface area is 271 Å². The number of nitrogens with zero attached hydrogens (tertiary/aromatic N) is 7. The Kier molecular flexibility index (Phi) is 8.82. The Morgan fingerprint density at radius 3 is 2.57 bits per heavy atom. The maximum Gasteiger partial charge on any atom is 0.230 e. The Morgan fingerprint density at radius 2 is 1.89 bits per heavy atom. The number of benzene rings is 2. The second-order valence-corrected chi connectivity index (χ2v) is 12.3. The van der Waals surface area contributed by atoms with Crippen LogP contribution in [-0.2, 0) is 14.3 Å². The van der Waals surface area contributed by atoms with E-state index in [1.165, 1.54) is 16.9 Å². The number of alkyl halides is 1. The molecule has 4 saturated heterocycles. The number of anilines is 3. The number of amides is 2. The average Bonchev–Trinajstić information content (AvgIpc) is 3.51. The fraction of sp³-hybridized carbons (Fsp3) is 0.455. The quantitative estimate of drug-likeness (QED) is 0.373. The third-order valence-electron chi connectivity index (χ3n) is 9.27. The molecule has 7 rings (SSSR count). The highest BCUT2D eigenvalue weighted by Gasteiger charge is 2.38. The number of nitriles is 1. The molecule has 244 valence electrons. The molecule has 0 aliphatic carbocycles. The maximum absolute atomic E-state index is 15.2. The van der Waals surface area contributed by atoms with Crippen LogP contribution in [0.25, 0.3) is 11.4 Å². The summed E-state index contributed by atoms with van der Waals surface area (Å²) in [7, 11) is 0. The van der Waals surface area contributed by atoms with Crippen LogP contribution in [0.5, 0.6) is 5.75 Å². The Hall–Kier alpha value is -4.87. The molecule has 4 aliphatic heterocycles. The largest absolute Gasteiger partial charge is 0.486 e. The topological polar surface area (TPSA) is 149 Å². The number of rotatable bonds is 8. The zero-order valence-electron chi connectivity index (χ0n) is 25.8. The SMILES string of the molecule is N#Cc1cc(-c2ncnc(Nc3ccc(N4CCN(C5COC5)CC4)cc3)n2)ccc1O[C@H]1CCN(C(=O)[C@@H]2CNC(=O)C2)C[C@@H]1F. The Balaban J connectivity index is 0.956. The molecular weight excluding hydrogens is 605 g/mol. The first-order valence-electron chi connectivity index (χ1n) is 16.0. The average molecular weight is 642 g/mol. The molecule has 0 unspecified atom stereocenters. The van der Waals surface area contributed by atoms with Gasteiger partial charge in [-0.05, 0) is 42.5 Å². The van der Waals surface area contributed by atoms with Crippen molar-refractivity contribution in [2.24, 2.45) is 5.92 Å². The molecule has 4 fully saturated rings. The van der Waals surface area contributed by atoms with E-state index in [1.54, 1.807) is 18.2 Å². The Morgan fingerprint density at radius 1 is 1.09 bits per heavy atom. The summed E-state index contributed by atoms with van der Waals surface area (Å²) in [4.78, 5) is 43.7. The summed E-state index contributed by atoms with van der Waals surface area (Å²) in [6, 6.07) is 15.8. The van der Waals surface area contributed by atoms with Crippen molar-refractivity contribution in [2.45, 2.75) is 31.2 Å². The van der Waals surface area contributed by atoms with Gasteiger partial charge in [-0.15, -0.1) is 0 Å². The number of aromatic nitrogens is 3. The van der Waals surface area contributed by atoms with Gasteiger partial charge in [-0.1, -0.05) is 0 Å². The minimum atomic E-state index is -1.44. The number of carbonyl (C=O) groups is 2. The number of carbonyl (C=O) groups excluding carboxylic acids is 2. The molecule has 0 bridgehead atoms. The molecule has 0 radical (unpaired) electrons. The number of nitrogens with one attached hydrogen (secondary N) is 2. The number of hydrogen-bond donors (Lipinski definition) is 2. The standard InChI is InChI=1S/C33H36FN9O4/c34-27-17-43(32(45)23-14-30(44)36-16-23)8-7-29(27)47-28-6-1-21(13-22(28)15-35)31-37-20-38-33(40-31)39-24-2-4-25(5-3-24)41-9-11-42(12-10-41)26-18-46-19-26/h1-6,13,20,23,26-27,29H,7-12,14,16-19H2,(H,36,44)(H,37,38,39,40)/t23-,27-,29-/m0/s1. The van der Waals surface area contributed by atoms with Crippen LogP contribution in [0.2, 0.25) is 0 Å². The summed E-state index contributed by atoms with van der Waals surface area (Å²) in [6.07, 6.45) is -0.447. The molecule has 2 N–H and O–H groups in total. The number of hydrogen-bond acceptors (Lipinski definition) is 11. The van der Waals surface area contributed by atoms with Gasteiger partial charge in [0.05, 0.1) is 37.3 Å². The van der Waals surface area contributed by atoms with Crippen molar-refractivity contribution < 1.29 is 23.5 Å². The number of ether oxygens (including phenoxy) is 2. The predicted molar refractivity (Wildman–Crippen MR) is 170 cm³/mol. The second-order valence-electron chi connectivity index (χ2n) is 12.3. The van der Waals surface area contributed by atoms with E-state index in [1.807, 2.05) is 12.1 Å². The molecule has 13 nitrogen and oxygen atoms in total. The third kappa shape index (κ3) is 6.81. The van der Waals surface area contributed by atoms with Crippen LogP contribution in [-0.4, -0.2) is 114 Å². The summed E-state index contributed by atoms with van der Waals surface area (Å²) in [5.74, 6) is 0.130. The van der Waals surface area contributed by atoms with E-state index in [9.17, 15) is 14.9 Å². The third-order valence-corrected chi connectivity index (χ3v) is 9.27. The molecule has 2 aromatic carbocycles. The first-order chi connectivity index (χ1) is 22.9. The molecule has 0 spiro atoms.